The summed E-state index contributed by atoms with van der Waals surface area (Å²) in [4.78, 5) is 14.4. The van der Waals surface area contributed by atoms with E-state index in [1.54, 1.807) is 0 Å². The van der Waals surface area contributed by atoms with Gasteiger partial charge >= 0.3 is 0 Å². The summed E-state index contributed by atoms with van der Waals surface area (Å²) in [6, 6.07) is 5.94. The van der Waals surface area contributed by atoms with Crippen LogP contribution in [-0.4, -0.2) is 45.8 Å². The third-order valence-electron chi connectivity index (χ3n) is 4.08. The summed E-state index contributed by atoms with van der Waals surface area (Å²) in [5.41, 5.74) is 2.52. The van der Waals surface area contributed by atoms with E-state index in [1.165, 1.54) is 0 Å². The van der Waals surface area contributed by atoms with Crippen molar-refractivity contribution in [2.75, 3.05) is 19.7 Å². The number of benzene rings is 1. The second-order valence-electron chi connectivity index (χ2n) is 5.54. The van der Waals surface area contributed by atoms with Crippen molar-refractivity contribution in [3.63, 3.8) is 0 Å². The van der Waals surface area contributed by atoms with Crippen LogP contribution >= 0.6 is 0 Å². The third kappa shape index (κ3) is 2.29. The summed E-state index contributed by atoms with van der Waals surface area (Å²) in [6.07, 6.45) is 1.73. The standard InChI is InChI=1S/C15H19N3O2/c1-10-2-3-13-12(8-10)14(17-16-13)15(20)18-6-4-11(9-19)5-7-18/h2-3,8,11,19H,4-7,9H2,1H3,(H,16,17). The summed E-state index contributed by atoms with van der Waals surface area (Å²) >= 11 is 0. The van der Waals surface area contributed by atoms with Gasteiger partial charge in [0.1, 0.15) is 0 Å². The van der Waals surface area contributed by atoms with Gasteiger partial charge in [-0.15, -0.1) is 0 Å². The van der Waals surface area contributed by atoms with E-state index < -0.39 is 0 Å². The molecule has 1 aromatic heterocycles. The Kier molecular flexibility index (Phi) is 3.44. The van der Waals surface area contributed by atoms with Gasteiger partial charge in [0.05, 0.1) is 5.52 Å². The Labute approximate surface area is 117 Å². The second kappa shape index (κ2) is 5.25. The maximum atomic E-state index is 12.6. The number of amides is 1. The first-order chi connectivity index (χ1) is 9.69. The molecule has 0 spiro atoms. The molecule has 1 saturated heterocycles. The molecule has 106 valence electrons. The lowest BCUT2D eigenvalue weighted by Gasteiger charge is -2.30. The lowest BCUT2D eigenvalue weighted by Crippen LogP contribution is -2.39. The van der Waals surface area contributed by atoms with Crippen LogP contribution in [0.15, 0.2) is 18.2 Å². The quantitative estimate of drug-likeness (QED) is 0.875. The smallest absolute Gasteiger partial charge is 0.274 e. The van der Waals surface area contributed by atoms with Crippen LogP contribution < -0.4 is 0 Å². The molecule has 0 radical (unpaired) electrons. The number of nitrogens with one attached hydrogen (secondary N) is 1. The Balaban J connectivity index is 1.84. The highest BCUT2D eigenvalue weighted by atomic mass is 16.3. The highest BCUT2D eigenvalue weighted by Gasteiger charge is 2.25. The van der Waals surface area contributed by atoms with Crippen molar-refractivity contribution in [2.45, 2.75) is 19.8 Å². The molecule has 0 unspecified atom stereocenters. The van der Waals surface area contributed by atoms with Gasteiger partial charge in [0.2, 0.25) is 0 Å². The molecule has 2 aromatic rings. The van der Waals surface area contributed by atoms with Crippen LogP contribution in [0.5, 0.6) is 0 Å². The number of hydrogen-bond acceptors (Lipinski definition) is 3. The minimum Gasteiger partial charge on any atom is -0.396 e. The van der Waals surface area contributed by atoms with Gasteiger partial charge in [-0.05, 0) is 37.8 Å². The third-order valence-corrected chi connectivity index (χ3v) is 4.08. The first kappa shape index (κ1) is 13.1. The van der Waals surface area contributed by atoms with E-state index in [2.05, 4.69) is 10.2 Å². The average Bonchev–Trinajstić information content (AvgIpc) is 2.89. The van der Waals surface area contributed by atoms with E-state index in [4.69, 9.17) is 5.11 Å². The van der Waals surface area contributed by atoms with Crippen molar-refractivity contribution in [1.29, 1.82) is 0 Å². The van der Waals surface area contributed by atoms with Gasteiger partial charge in [-0.2, -0.15) is 5.10 Å². The van der Waals surface area contributed by atoms with Crippen LogP contribution in [0.2, 0.25) is 0 Å². The van der Waals surface area contributed by atoms with Crippen LogP contribution in [0, 0.1) is 12.8 Å². The second-order valence-corrected chi connectivity index (χ2v) is 5.54. The zero-order valence-corrected chi connectivity index (χ0v) is 11.6. The summed E-state index contributed by atoms with van der Waals surface area (Å²) in [5.74, 6) is 0.315. The molecule has 0 bridgehead atoms. The number of aryl methyl sites for hydroxylation is 1. The monoisotopic (exact) mass is 273 g/mol. The number of piperidine rings is 1. The lowest BCUT2D eigenvalue weighted by atomic mass is 9.97. The fourth-order valence-corrected chi connectivity index (χ4v) is 2.76. The van der Waals surface area contributed by atoms with E-state index in [9.17, 15) is 4.79 Å². The Hall–Kier alpha value is -1.88. The van der Waals surface area contributed by atoms with Crippen LogP contribution in [0.1, 0.15) is 28.9 Å². The van der Waals surface area contributed by atoms with Crippen molar-refractivity contribution >= 4 is 16.8 Å². The molecular formula is C15H19N3O2. The zero-order valence-electron chi connectivity index (χ0n) is 11.6. The maximum absolute atomic E-state index is 12.6. The molecule has 0 atom stereocenters. The topological polar surface area (TPSA) is 69.2 Å². The number of aliphatic hydroxyl groups is 1. The van der Waals surface area contributed by atoms with Crippen LogP contribution in [-0.2, 0) is 0 Å². The first-order valence-electron chi connectivity index (χ1n) is 7.04. The van der Waals surface area contributed by atoms with Gasteiger partial charge in [-0.1, -0.05) is 11.6 Å². The van der Waals surface area contributed by atoms with Crippen molar-refractivity contribution < 1.29 is 9.90 Å². The van der Waals surface area contributed by atoms with E-state index >= 15 is 0 Å². The number of aromatic amines is 1. The van der Waals surface area contributed by atoms with Gasteiger partial charge in [-0.3, -0.25) is 9.89 Å². The number of carbonyl (C=O) groups excluding carboxylic acids is 1. The molecule has 2 N–H and O–H groups in total. The molecule has 1 amide bonds. The van der Waals surface area contributed by atoms with Gasteiger partial charge in [0, 0.05) is 25.1 Å². The van der Waals surface area contributed by atoms with E-state index in [-0.39, 0.29) is 12.5 Å². The number of likely N-dealkylation sites (tertiary alicyclic amines) is 1. The van der Waals surface area contributed by atoms with Gasteiger partial charge in [0.25, 0.3) is 5.91 Å². The van der Waals surface area contributed by atoms with Crippen molar-refractivity contribution in [3.05, 3.63) is 29.5 Å². The first-order valence-corrected chi connectivity index (χ1v) is 7.04. The van der Waals surface area contributed by atoms with Crippen molar-refractivity contribution in [2.24, 2.45) is 5.92 Å². The highest BCUT2D eigenvalue weighted by Crippen LogP contribution is 2.22. The molecule has 0 saturated carbocycles. The zero-order chi connectivity index (χ0) is 14.1. The molecule has 5 nitrogen and oxygen atoms in total. The normalized spacial score (nSPS) is 16.8. The average molecular weight is 273 g/mol. The number of aromatic nitrogens is 2. The minimum atomic E-state index is -0.0155. The number of H-pyrrole nitrogens is 1. The van der Waals surface area contributed by atoms with Crippen molar-refractivity contribution in [3.8, 4) is 0 Å². The van der Waals surface area contributed by atoms with Gasteiger partial charge in [0.15, 0.2) is 5.69 Å². The number of fused-ring (bicyclic) bond motifs is 1. The SMILES string of the molecule is Cc1ccc2[nH]nc(C(=O)N3CCC(CO)CC3)c2c1. The molecule has 20 heavy (non-hydrogen) atoms. The van der Waals surface area contributed by atoms with Crippen LogP contribution in [0.3, 0.4) is 0 Å². The molecule has 2 heterocycles. The molecule has 1 aliphatic heterocycles. The van der Waals surface area contributed by atoms with Crippen LogP contribution in [0.25, 0.3) is 10.9 Å². The largest absolute Gasteiger partial charge is 0.396 e. The molecule has 5 heteroatoms. The fourth-order valence-electron chi connectivity index (χ4n) is 2.76. The molecule has 1 aromatic carbocycles. The predicted molar refractivity (Wildman–Crippen MR) is 76.5 cm³/mol. The molecule has 3 rings (SSSR count). The lowest BCUT2D eigenvalue weighted by molar-refractivity contribution is 0.0647. The Morgan fingerprint density at radius 3 is 2.90 bits per heavy atom. The Morgan fingerprint density at radius 2 is 2.20 bits per heavy atom. The Bertz CT molecular complexity index is 627. The fraction of sp³-hybridized carbons (Fsp3) is 0.467. The number of hydrogen-bond donors (Lipinski definition) is 2. The highest BCUT2D eigenvalue weighted by molar-refractivity contribution is 6.04. The summed E-state index contributed by atoms with van der Waals surface area (Å²) < 4.78 is 0. The summed E-state index contributed by atoms with van der Waals surface area (Å²) in [7, 11) is 0. The molecular weight excluding hydrogens is 254 g/mol. The number of carbonyl (C=O) groups is 1. The number of nitrogens with zero attached hydrogens (tertiary/aromatic N) is 2. The molecule has 1 aliphatic rings. The van der Waals surface area contributed by atoms with E-state index in [0.29, 0.717) is 24.7 Å². The van der Waals surface area contributed by atoms with E-state index in [1.807, 2.05) is 30.0 Å². The van der Waals surface area contributed by atoms with E-state index in [0.717, 1.165) is 29.3 Å². The molecule has 1 fully saturated rings. The van der Waals surface area contributed by atoms with Crippen molar-refractivity contribution in [1.82, 2.24) is 15.1 Å². The number of aliphatic hydroxyl groups excluding tert-OH is 1. The predicted octanol–water partition coefficient (Wildman–Crippen LogP) is 1.72. The summed E-state index contributed by atoms with van der Waals surface area (Å²) in [5, 5.41) is 17.1. The van der Waals surface area contributed by atoms with Gasteiger partial charge < -0.3 is 10.0 Å². The van der Waals surface area contributed by atoms with Gasteiger partial charge in [-0.25, -0.2) is 0 Å². The maximum Gasteiger partial charge on any atom is 0.274 e. The minimum absolute atomic E-state index is 0.0155. The number of rotatable bonds is 2. The summed E-state index contributed by atoms with van der Waals surface area (Å²) in [6.45, 7) is 3.62. The Morgan fingerprint density at radius 1 is 1.45 bits per heavy atom. The molecule has 0 aliphatic carbocycles. The van der Waals surface area contributed by atoms with Crippen LogP contribution in [0.4, 0.5) is 0 Å².